The van der Waals surface area contributed by atoms with Gasteiger partial charge in [0.1, 0.15) is 0 Å². The molecule has 1 aromatic heterocycles. The zero-order valence-corrected chi connectivity index (χ0v) is 11.4. The summed E-state index contributed by atoms with van der Waals surface area (Å²) < 4.78 is 39.6. The minimum Gasteiger partial charge on any atom is -0.298 e. The highest BCUT2D eigenvalue weighted by atomic mass is 19.4. The molecule has 2 rings (SSSR count). The van der Waals surface area contributed by atoms with Gasteiger partial charge in [-0.15, -0.1) is 0 Å². The number of nitrogens with zero attached hydrogens (tertiary/aromatic N) is 3. The summed E-state index contributed by atoms with van der Waals surface area (Å²) >= 11 is 0. The van der Waals surface area contributed by atoms with Crippen molar-refractivity contribution in [2.24, 2.45) is 7.05 Å². The normalized spacial score (nSPS) is 12.1. The van der Waals surface area contributed by atoms with Crippen LogP contribution in [0.4, 0.5) is 13.2 Å². The van der Waals surface area contributed by atoms with Crippen LogP contribution in [0, 0.1) is 0 Å². The molecule has 0 amide bonds. The van der Waals surface area contributed by atoms with Gasteiger partial charge in [0.2, 0.25) is 0 Å². The average Bonchev–Trinajstić information content (AvgIpc) is 2.73. The predicted molar refractivity (Wildman–Crippen MR) is 69.8 cm³/mol. The molecule has 0 unspecified atom stereocenters. The molecule has 1 heterocycles. The Morgan fingerprint density at radius 1 is 1.20 bits per heavy atom. The summed E-state index contributed by atoms with van der Waals surface area (Å²) in [6.45, 7) is 1.10. The van der Waals surface area contributed by atoms with Gasteiger partial charge >= 0.3 is 6.18 Å². The smallest absolute Gasteiger partial charge is 0.298 e. The van der Waals surface area contributed by atoms with Crippen molar-refractivity contribution in [1.82, 2.24) is 14.7 Å². The third-order valence-corrected chi connectivity index (χ3v) is 2.92. The predicted octanol–water partition coefficient (Wildman–Crippen LogP) is 3.07. The lowest BCUT2D eigenvalue weighted by molar-refractivity contribution is -0.137. The lowest BCUT2D eigenvalue weighted by Gasteiger charge is -2.16. The van der Waals surface area contributed by atoms with Gasteiger partial charge in [-0.05, 0) is 18.7 Å². The largest absolute Gasteiger partial charge is 0.416 e. The van der Waals surface area contributed by atoms with E-state index < -0.39 is 11.7 Å². The quantitative estimate of drug-likeness (QED) is 0.860. The van der Waals surface area contributed by atoms with E-state index >= 15 is 0 Å². The molecule has 0 aliphatic carbocycles. The summed E-state index contributed by atoms with van der Waals surface area (Å²) in [6.07, 6.45) is -0.650. The Morgan fingerprint density at radius 2 is 1.90 bits per heavy atom. The fourth-order valence-corrected chi connectivity index (χ4v) is 2.08. The topological polar surface area (TPSA) is 21.1 Å². The number of benzene rings is 1. The standard InChI is InChI=1S/C14H16F3N3/c1-19(9-12-7-18-20(2)10-12)8-11-4-3-5-13(6-11)14(15,16)17/h3-7,10H,8-9H2,1-2H3. The lowest BCUT2D eigenvalue weighted by atomic mass is 10.1. The molecule has 0 bridgehead atoms. The molecule has 0 radical (unpaired) electrons. The van der Waals surface area contributed by atoms with Crippen LogP contribution in [0.1, 0.15) is 16.7 Å². The van der Waals surface area contributed by atoms with Crippen LogP contribution in [0.2, 0.25) is 0 Å². The van der Waals surface area contributed by atoms with Gasteiger partial charge in [0.15, 0.2) is 0 Å². The SMILES string of the molecule is CN(Cc1cccc(C(F)(F)F)c1)Cc1cnn(C)c1. The molecule has 3 nitrogen and oxygen atoms in total. The first-order valence-corrected chi connectivity index (χ1v) is 6.17. The van der Waals surface area contributed by atoms with Crippen molar-refractivity contribution < 1.29 is 13.2 Å². The molecule has 0 aliphatic rings. The van der Waals surface area contributed by atoms with Gasteiger partial charge in [-0.2, -0.15) is 18.3 Å². The number of hydrogen-bond acceptors (Lipinski definition) is 2. The Morgan fingerprint density at radius 3 is 2.50 bits per heavy atom. The van der Waals surface area contributed by atoms with Gasteiger partial charge in [-0.3, -0.25) is 9.58 Å². The summed E-state index contributed by atoms with van der Waals surface area (Å²) in [5.74, 6) is 0. The van der Waals surface area contributed by atoms with Crippen molar-refractivity contribution in [3.63, 3.8) is 0 Å². The first-order chi connectivity index (χ1) is 9.34. The molecule has 0 N–H and O–H groups in total. The van der Waals surface area contributed by atoms with Crippen LogP contribution in [0.5, 0.6) is 0 Å². The van der Waals surface area contributed by atoms with E-state index in [9.17, 15) is 13.2 Å². The van der Waals surface area contributed by atoms with Crippen molar-refractivity contribution in [3.8, 4) is 0 Å². The molecule has 6 heteroatoms. The molecule has 2 aromatic rings. The molecule has 20 heavy (non-hydrogen) atoms. The number of hydrogen-bond donors (Lipinski definition) is 0. The highest BCUT2D eigenvalue weighted by molar-refractivity contribution is 5.25. The summed E-state index contributed by atoms with van der Waals surface area (Å²) in [5.41, 5.74) is 1.07. The maximum atomic E-state index is 12.6. The van der Waals surface area contributed by atoms with Crippen LogP contribution >= 0.6 is 0 Å². The Bertz CT molecular complexity index is 575. The van der Waals surface area contributed by atoms with Crippen molar-refractivity contribution in [1.29, 1.82) is 0 Å². The first-order valence-electron chi connectivity index (χ1n) is 6.17. The molecule has 0 atom stereocenters. The number of rotatable bonds is 4. The summed E-state index contributed by atoms with van der Waals surface area (Å²) in [4.78, 5) is 1.95. The van der Waals surface area contributed by atoms with Crippen molar-refractivity contribution in [2.75, 3.05) is 7.05 Å². The Kier molecular flexibility index (Phi) is 4.13. The van der Waals surface area contributed by atoms with Crippen LogP contribution in [-0.2, 0) is 26.3 Å². The van der Waals surface area contributed by atoms with Crippen molar-refractivity contribution in [2.45, 2.75) is 19.3 Å². The van der Waals surface area contributed by atoms with E-state index in [0.29, 0.717) is 18.7 Å². The summed E-state index contributed by atoms with van der Waals surface area (Å²) in [5, 5.41) is 4.06. The minimum atomic E-state index is -4.29. The third kappa shape index (κ3) is 3.84. The Hall–Kier alpha value is -1.82. The van der Waals surface area contributed by atoms with Gasteiger partial charge < -0.3 is 0 Å². The first kappa shape index (κ1) is 14.6. The van der Waals surface area contributed by atoms with E-state index in [-0.39, 0.29) is 0 Å². The van der Waals surface area contributed by atoms with Crippen molar-refractivity contribution >= 4 is 0 Å². The van der Waals surface area contributed by atoms with E-state index in [1.165, 1.54) is 12.1 Å². The Balaban J connectivity index is 2.02. The highest BCUT2D eigenvalue weighted by Gasteiger charge is 2.30. The molecule has 0 spiro atoms. The lowest BCUT2D eigenvalue weighted by Crippen LogP contribution is -2.17. The van der Waals surface area contributed by atoms with E-state index in [4.69, 9.17) is 0 Å². The zero-order valence-electron chi connectivity index (χ0n) is 11.4. The van der Waals surface area contributed by atoms with Crippen LogP contribution < -0.4 is 0 Å². The third-order valence-electron chi connectivity index (χ3n) is 2.92. The second kappa shape index (κ2) is 5.66. The van der Waals surface area contributed by atoms with Gasteiger partial charge in [0, 0.05) is 31.9 Å². The van der Waals surface area contributed by atoms with Gasteiger partial charge in [0.05, 0.1) is 11.8 Å². The number of halogens is 3. The second-order valence-corrected chi connectivity index (χ2v) is 4.89. The van der Waals surface area contributed by atoms with Gasteiger partial charge in [-0.25, -0.2) is 0 Å². The molecular formula is C14H16F3N3. The number of aromatic nitrogens is 2. The molecule has 1 aromatic carbocycles. The maximum absolute atomic E-state index is 12.6. The summed E-state index contributed by atoms with van der Waals surface area (Å²) in [7, 11) is 3.70. The van der Waals surface area contributed by atoms with Crippen LogP contribution in [0.3, 0.4) is 0 Å². The molecular weight excluding hydrogens is 267 g/mol. The zero-order chi connectivity index (χ0) is 14.8. The van der Waals surface area contributed by atoms with Gasteiger partial charge in [-0.1, -0.05) is 18.2 Å². The fraction of sp³-hybridized carbons (Fsp3) is 0.357. The maximum Gasteiger partial charge on any atom is 0.416 e. The van der Waals surface area contributed by atoms with Crippen LogP contribution in [-0.4, -0.2) is 21.7 Å². The molecule has 0 fully saturated rings. The number of aryl methyl sites for hydroxylation is 1. The molecule has 108 valence electrons. The van der Waals surface area contributed by atoms with E-state index in [1.807, 2.05) is 25.2 Å². The average molecular weight is 283 g/mol. The van der Waals surface area contributed by atoms with E-state index in [0.717, 1.165) is 11.6 Å². The summed E-state index contributed by atoms with van der Waals surface area (Å²) in [6, 6.07) is 5.43. The molecule has 0 aliphatic heterocycles. The van der Waals surface area contributed by atoms with Crippen molar-refractivity contribution in [3.05, 3.63) is 53.3 Å². The molecule has 0 saturated carbocycles. The van der Waals surface area contributed by atoms with E-state index in [2.05, 4.69) is 5.10 Å². The molecule has 0 saturated heterocycles. The van der Waals surface area contributed by atoms with Gasteiger partial charge in [0.25, 0.3) is 0 Å². The fourth-order valence-electron chi connectivity index (χ4n) is 2.08. The van der Waals surface area contributed by atoms with Crippen LogP contribution in [0.15, 0.2) is 36.7 Å². The minimum absolute atomic E-state index is 0.457. The highest BCUT2D eigenvalue weighted by Crippen LogP contribution is 2.29. The van der Waals surface area contributed by atoms with E-state index in [1.54, 1.807) is 16.9 Å². The second-order valence-electron chi connectivity index (χ2n) is 4.89. The monoisotopic (exact) mass is 283 g/mol. The Labute approximate surface area is 115 Å². The number of alkyl halides is 3. The van der Waals surface area contributed by atoms with Crippen LogP contribution in [0.25, 0.3) is 0 Å².